The Kier molecular flexibility index (Phi) is 5.08. The van der Waals surface area contributed by atoms with E-state index in [0.29, 0.717) is 12.6 Å². The van der Waals surface area contributed by atoms with Crippen LogP contribution >= 0.6 is 0 Å². The van der Waals surface area contributed by atoms with Gasteiger partial charge in [-0.3, -0.25) is 0 Å². The van der Waals surface area contributed by atoms with Gasteiger partial charge in [0.1, 0.15) is 12.4 Å². The smallest absolute Gasteiger partial charge is 0.129 e. The van der Waals surface area contributed by atoms with Crippen molar-refractivity contribution in [2.75, 3.05) is 6.54 Å². The molecule has 0 spiro atoms. The highest BCUT2D eigenvalue weighted by Crippen LogP contribution is 2.17. The summed E-state index contributed by atoms with van der Waals surface area (Å²) in [5.74, 6) is 0.898. The van der Waals surface area contributed by atoms with Gasteiger partial charge >= 0.3 is 0 Å². The molecule has 0 aliphatic heterocycles. The first kappa shape index (κ1) is 12.7. The average molecular weight is 237 g/mol. The van der Waals surface area contributed by atoms with Gasteiger partial charge in [0.25, 0.3) is 0 Å². The van der Waals surface area contributed by atoms with E-state index in [1.165, 1.54) is 32.1 Å². The Hall–Kier alpha value is -0.800. The lowest BCUT2D eigenvalue weighted by atomic mass is 9.95. The molecule has 3 nitrogen and oxygen atoms in total. The van der Waals surface area contributed by atoms with Crippen LogP contribution in [0.15, 0.2) is 22.8 Å². The van der Waals surface area contributed by atoms with Crippen molar-refractivity contribution < 1.29 is 9.15 Å². The molecule has 1 fully saturated rings. The minimum atomic E-state index is 0.238. The van der Waals surface area contributed by atoms with E-state index in [-0.39, 0.29) is 6.10 Å². The molecule has 1 aromatic heterocycles. The maximum absolute atomic E-state index is 5.72. The molecule has 0 saturated heterocycles. The van der Waals surface area contributed by atoms with Crippen molar-refractivity contribution >= 4 is 0 Å². The number of hydrogen-bond donors (Lipinski definition) is 1. The van der Waals surface area contributed by atoms with Crippen LogP contribution < -0.4 is 5.32 Å². The fourth-order valence-electron chi connectivity index (χ4n) is 2.32. The van der Waals surface area contributed by atoms with Gasteiger partial charge in [0.2, 0.25) is 0 Å². The van der Waals surface area contributed by atoms with Gasteiger partial charge in [-0.1, -0.05) is 19.3 Å². The molecule has 1 saturated carbocycles. The number of hydrogen-bond acceptors (Lipinski definition) is 3. The van der Waals surface area contributed by atoms with Gasteiger partial charge in [-0.05, 0) is 31.9 Å². The fourth-order valence-corrected chi connectivity index (χ4v) is 2.32. The highest BCUT2D eigenvalue weighted by molar-refractivity contribution is 4.96. The second-order valence-corrected chi connectivity index (χ2v) is 4.94. The molecule has 0 aromatic carbocycles. The highest BCUT2D eigenvalue weighted by atomic mass is 16.5. The molecular formula is C14H23NO2. The SMILES string of the molecule is CC(CNC1CCCCC1)OCc1ccco1. The molecule has 1 aliphatic rings. The summed E-state index contributed by atoms with van der Waals surface area (Å²) in [5, 5.41) is 3.60. The van der Waals surface area contributed by atoms with E-state index in [2.05, 4.69) is 12.2 Å². The summed E-state index contributed by atoms with van der Waals surface area (Å²) < 4.78 is 11.0. The molecule has 17 heavy (non-hydrogen) atoms. The first-order chi connectivity index (χ1) is 8.34. The van der Waals surface area contributed by atoms with E-state index < -0.39 is 0 Å². The Bertz CT molecular complexity index is 291. The van der Waals surface area contributed by atoms with Crippen molar-refractivity contribution in [2.24, 2.45) is 0 Å². The molecule has 1 aliphatic carbocycles. The van der Waals surface area contributed by atoms with Gasteiger partial charge in [0.15, 0.2) is 0 Å². The molecule has 1 atom stereocenters. The molecule has 2 rings (SSSR count). The molecule has 1 heterocycles. The maximum atomic E-state index is 5.72. The van der Waals surface area contributed by atoms with Crippen LogP contribution in [0.4, 0.5) is 0 Å². The average Bonchev–Trinajstić information content (AvgIpc) is 2.88. The number of rotatable bonds is 6. The third-order valence-corrected chi connectivity index (χ3v) is 3.39. The van der Waals surface area contributed by atoms with Gasteiger partial charge in [0.05, 0.1) is 12.4 Å². The summed E-state index contributed by atoms with van der Waals surface area (Å²) in [7, 11) is 0. The second-order valence-electron chi connectivity index (χ2n) is 4.94. The summed E-state index contributed by atoms with van der Waals surface area (Å²) in [6.45, 7) is 3.62. The molecule has 96 valence electrons. The summed E-state index contributed by atoms with van der Waals surface area (Å²) in [4.78, 5) is 0. The van der Waals surface area contributed by atoms with Crippen molar-refractivity contribution in [3.8, 4) is 0 Å². The zero-order chi connectivity index (χ0) is 11.9. The summed E-state index contributed by atoms with van der Waals surface area (Å²) >= 11 is 0. The first-order valence-corrected chi connectivity index (χ1v) is 6.72. The zero-order valence-electron chi connectivity index (χ0n) is 10.7. The number of ether oxygens (including phenoxy) is 1. The van der Waals surface area contributed by atoms with Crippen LogP contribution in [0.2, 0.25) is 0 Å². The molecular weight excluding hydrogens is 214 g/mol. The molecule has 0 bridgehead atoms. The van der Waals surface area contributed by atoms with Crippen molar-refractivity contribution in [1.29, 1.82) is 0 Å². The van der Waals surface area contributed by atoms with Crippen LogP contribution in [0.5, 0.6) is 0 Å². The quantitative estimate of drug-likeness (QED) is 0.825. The predicted octanol–water partition coefficient (Wildman–Crippen LogP) is 3.11. The lowest BCUT2D eigenvalue weighted by molar-refractivity contribution is 0.0405. The minimum Gasteiger partial charge on any atom is -0.467 e. The van der Waals surface area contributed by atoms with Gasteiger partial charge < -0.3 is 14.5 Å². The van der Waals surface area contributed by atoms with Crippen LogP contribution in [-0.4, -0.2) is 18.7 Å². The Morgan fingerprint density at radius 2 is 2.24 bits per heavy atom. The highest BCUT2D eigenvalue weighted by Gasteiger charge is 2.13. The minimum absolute atomic E-state index is 0.238. The van der Waals surface area contributed by atoms with Gasteiger partial charge in [-0.25, -0.2) is 0 Å². The standard InChI is InChI=1S/C14H23NO2/c1-12(17-11-14-8-5-9-16-14)10-15-13-6-3-2-4-7-13/h5,8-9,12-13,15H,2-4,6-7,10-11H2,1H3. The van der Waals surface area contributed by atoms with E-state index in [1.807, 2.05) is 12.1 Å². The molecule has 1 N–H and O–H groups in total. The van der Waals surface area contributed by atoms with Crippen molar-refractivity contribution in [3.05, 3.63) is 24.2 Å². The van der Waals surface area contributed by atoms with E-state index in [1.54, 1.807) is 6.26 Å². The van der Waals surface area contributed by atoms with E-state index in [9.17, 15) is 0 Å². The largest absolute Gasteiger partial charge is 0.467 e. The Morgan fingerprint density at radius 1 is 1.41 bits per heavy atom. The van der Waals surface area contributed by atoms with Crippen LogP contribution in [0, 0.1) is 0 Å². The van der Waals surface area contributed by atoms with Crippen LogP contribution in [0.1, 0.15) is 44.8 Å². The first-order valence-electron chi connectivity index (χ1n) is 6.72. The van der Waals surface area contributed by atoms with E-state index >= 15 is 0 Å². The molecule has 0 radical (unpaired) electrons. The van der Waals surface area contributed by atoms with Crippen LogP contribution in [0.25, 0.3) is 0 Å². The van der Waals surface area contributed by atoms with Crippen LogP contribution in [-0.2, 0) is 11.3 Å². The van der Waals surface area contributed by atoms with E-state index in [0.717, 1.165) is 12.3 Å². The topological polar surface area (TPSA) is 34.4 Å². The van der Waals surface area contributed by atoms with Crippen LogP contribution in [0.3, 0.4) is 0 Å². The van der Waals surface area contributed by atoms with Gasteiger partial charge in [-0.2, -0.15) is 0 Å². The van der Waals surface area contributed by atoms with Gasteiger partial charge in [-0.15, -0.1) is 0 Å². The van der Waals surface area contributed by atoms with Crippen molar-refractivity contribution in [1.82, 2.24) is 5.32 Å². The molecule has 0 amide bonds. The van der Waals surface area contributed by atoms with E-state index in [4.69, 9.17) is 9.15 Å². The summed E-state index contributed by atoms with van der Waals surface area (Å²) in [6, 6.07) is 4.55. The monoisotopic (exact) mass is 237 g/mol. The number of nitrogens with one attached hydrogen (secondary N) is 1. The summed E-state index contributed by atoms with van der Waals surface area (Å²) in [6.07, 6.45) is 8.72. The van der Waals surface area contributed by atoms with Crippen molar-refractivity contribution in [3.63, 3.8) is 0 Å². The Balaban J connectivity index is 1.58. The lowest BCUT2D eigenvalue weighted by Gasteiger charge is -2.24. The third kappa shape index (κ3) is 4.52. The second kappa shape index (κ2) is 6.82. The summed E-state index contributed by atoms with van der Waals surface area (Å²) in [5.41, 5.74) is 0. The van der Waals surface area contributed by atoms with Crippen molar-refractivity contribution in [2.45, 2.75) is 57.8 Å². The molecule has 3 heteroatoms. The molecule has 1 aromatic rings. The normalized spacial score (nSPS) is 19.4. The Morgan fingerprint density at radius 3 is 2.94 bits per heavy atom. The number of furan rings is 1. The third-order valence-electron chi connectivity index (χ3n) is 3.39. The molecule has 1 unspecified atom stereocenters. The Labute approximate surface area is 104 Å². The van der Waals surface area contributed by atoms with Gasteiger partial charge in [0, 0.05) is 12.6 Å². The lowest BCUT2D eigenvalue weighted by Crippen LogP contribution is -2.36. The zero-order valence-corrected chi connectivity index (χ0v) is 10.7. The maximum Gasteiger partial charge on any atom is 0.129 e. The predicted molar refractivity (Wildman–Crippen MR) is 67.8 cm³/mol. The fraction of sp³-hybridized carbons (Fsp3) is 0.714.